The number of imidazole rings is 1. The summed E-state index contributed by atoms with van der Waals surface area (Å²) in [6.45, 7) is 1.84. The Hall–Kier alpha value is -2.90. The van der Waals surface area contributed by atoms with E-state index in [0.29, 0.717) is 11.3 Å². The molecule has 3 rings (SSSR count). The van der Waals surface area contributed by atoms with E-state index in [0.717, 1.165) is 5.56 Å². The van der Waals surface area contributed by atoms with E-state index in [4.69, 9.17) is 0 Å². The molecule has 0 radical (unpaired) electrons. The average molecular weight is 289 g/mol. The van der Waals surface area contributed by atoms with Crippen molar-refractivity contribution in [3.63, 3.8) is 0 Å². The maximum absolute atomic E-state index is 13.1. The molecule has 0 fully saturated rings. The lowest BCUT2D eigenvalue weighted by Gasteiger charge is -2.15. The molecule has 1 atom stereocenters. The van der Waals surface area contributed by atoms with Crippen LogP contribution in [0.1, 0.15) is 18.5 Å². The van der Waals surface area contributed by atoms with Crippen molar-refractivity contribution in [3.05, 3.63) is 36.2 Å². The number of nitrogens with one attached hydrogen (secondary N) is 2. The number of H-pyrrole nitrogens is 1. The van der Waals surface area contributed by atoms with E-state index < -0.39 is 6.08 Å². The van der Waals surface area contributed by atoms with Crippen LogP contribution in [0.25, 0.3) is 11.2 Å². The fourth-order valence-corrected chi connectivity index (χ4v) is 2.01. The summed E-state index contributed by atoms with van der Waals surface area (Å²) in [6.07, 6.45) is 0.551. The Labute approximate surface area is 118 Å². The molecule has 2 aromatic heterocycles. The third kappa shape index (κ3) is 2.42. The number of nitrogens with zero attached hydrogens (tertiary/aromatic N) is 3. The zero-order valence-corrected chi connectivity index (χ0v) is 11.0. The van der Waals surface area contributed by atoms with Gasteiger partial charge in [-0.1, -0.05) is 6.07 Å². The summed E-state index contributed by atoms with van der Waals surface area (Å²) in [5, 5.41) is 21.9. The number of aromatic nitrogens is 4. The Bertz CT molecular complexity index is 804. The Balaban J connectivity index is 1.92. The smallest absolute Gasteiger partial charge is 0.289 e. The molecule has 3 aromatic rings. The van der Waals surface area contributed by atoms with Gasteiger partial charge in [-0.15, -0.1) is 0 Å². The quantitative estimate of drug-likeness (QED) is 0.434. The van der Waals surface area contributed by atoms with Gasteiger partial charge in [0.15, 0.2) is 23.0 Å². The van der Waals surface area contributed by atoms with Gasteiger partial charge in [-0.2, -0.15) is 9.37 Å². The minimum absolute atomic E-state index is 0.189. The summed E-state index contributed by atoms with van der Waals surface area (Å²) in [5.74, 6) is 0.00375. The first kappa shape index (κ1) is 13.1. The highest BCUT2D eigenvalue weighted by Gasteiger charge is 2.13. The third-order valence-electron chi connectivity index (χ3n) is 3.11. The number of rotatable bonds is 3. The second-order valence-electron chi connectivity index (χ2n) is 4.56. The Morgan fingerprint density at radius 1 is 1.24 bits per heavy atom. The van der Waals surface area contributed by atoms with Crippen molar-refractivity contribution in [2.75, 3.05) is 5.32 Å². The highest BCUT2D eigenvalue weighted by molar-refractivity contribution is 5.82. The number of halogens is 1. The van der Waals surface area contributed by atoms with Crippen molar-refractivity contribution in [1.29, 1.82) is 0 Å². The van der Waals surface area contributed by atoms with Crippen LogP contribution >= 0.6 is 0 Å². The van der Waals surface area contributed by atoms with Gasteiger partial charge in [0.25, 0.3) is 6.08 Å². The SMILES string of the molecule is CC(Nc1ncnc2nc(F)[nH]c12)c1ccc(O)c(O)c1. The van der Waals surface area contributed by atoms with Gasteiger partial charge in [0, 0.05) is 0 Å². The predicted octanol–water partition coefficient (Wildman–Crippen LogP) is 2.08. The van der Waals surface area contributed by atoms with E-state index in [1.54, 1.807) is 6.07 Å². The maximum Gasteiger partial charge on any atom is 0.289 e. The zero-order chi connectivity index (χ0) is 15.0. The third-order valence-corrected chi connectivity index (χ3v) is 3.11. The van der Waals surface area contributed by atoms with Crippen LogP contribution in [0.5, 0.6) is 11.5 Å². The second kappa shape index (κ2) is 4.89. The number of anilines is 1. The molecule has 0 amide bonds. The molecule has 0 saturated carbocycles. The Morgan fingerprint density at radius 2 is 2.05 bits per heavy atom. The molecule has 0 spiro atoms. The molecule has 0 aliphatic heterocycles. The fraction of sp³-hybridized carbons (Fsp3) is 0.154. The summed E-state index contributed by atoms with van der Waals surface area (Å²) < 4.78 is 13.1. The Kier molecular flexibility index (Phi) is 3.05. The van der Waals surface area contributed by atoms with E-state index in [-0.39, 0.29) is 23.2 Å². The van der Waals surface area contributed by atoms with Gasteiger partial charge in [0.2, 0.25) is 0 Å². The molecular weight excluding hydrogens is 277 g/mol. The molecule has 0 aliphatic rings. The minimum atomic E-state index is -0.733. The van der Waals surface area contributed by atoms with E-state index in [1.165, 1.54) is 18.5 Å². The van der Waals surface area contributed by atoms with Crippen molar-refractivity contribution in [1.82, 2.24) is 19.9 Å². The first-order valence-corrected chi connectivity index (χ1v) is 6.19. The highest BCUT2D eigenvalue weighted by atomic mass is 19.1. The van der Waals surface area contributed by atoms with Gasteiger partial charge in [0.1, 0.15) is 11.8 Å². The number of phenolic OH excluding ortho intramolecular Hbond substituents is 2. The molecule has 21 heavy (non-hydrogen) atoms. The number of phenols is 2. The summed E-state index contributed by atoms with van der Waals surface area (Å²) >= 11 is 0. The summed E-state index contributed by atoms with van der Waals surface area (Å²) in [4.78, 5) is 14.0. The average Bonchev–Trinajstić information content (AvgIpc) is 2.83. The molecule has 1 unspecified atom stereocenters. The molecule has 0 aliphatic carbocycles. The second-order valence-corrected chi connectivity index (χ2v) is 4.56. The van der Waals surface area contributed by atoms with E-state index in [1.807, 2.05) is 6.92 Å². The summed E-state index contributed by atoms with van der Waals surface area (Å²) in [5.41, 5.74) is 1.33. The van der Waals surface area contributed by atoms with Gasteiger partial charge in [-0.05, 0) is 24.6 Å². The van der Waals surface area contributed by atoms with Crippen molar-refractivity contribution >= 4 is 17.0 Å². The lowest BCUT2D eigenvalue weighted by molar-refractivity contribution is 0.403. The number of aromatic hydroxyl groups is 2. The topological polar surface area (TPSA) is 107 Å². The number of aromatic amines is 1. The molecule has 8 heteroatoms. The molecule has 0 bridgehead atoms. The van der Waals surface area contributed by atoms with Crippen molar-refractivity contribution in [2.24, 2.45) is 0 Å². The van der Waals surface area contributed by atoms with Crippen molar-refractivity contribution < 1.29 is 14.6 Å². The molecule has 2 heterocycles. The standard InChI is InChI=1S/C13H12FN5O2/c1-6(7-2-3-8(20)9(21)4-7)17-11-10-12(16-5-15-11)19-13(14)18-10/h2-6,20-21H,1H3,(H2,15,16,17,18,19). The van der Waals surface area contributed by atoms with Gasteiger partial charge < -0.3 is 20.5 Å². The van der Waals surface area contributed by atoms with Crippen molar-refractivity contribution in [2.45, 2.75) is 13.0 Å². The van der Waals surface area contributed by atoms with Gasteiger partial charge in [-0.3, -0.25) is 0 Å². The number of hydrogen-bond donors (Lipinski definition) is 4. The normalized spacial score (nSPS) is 12.5. The summed E-state index contributed by atoms with van der Waals surface area (Å²) in [6, 6.07) is 4.27. The maximum atomic E-state index is 13.1. The van der Waals surface area contributed by atoms with Gasteiger partial charge in [0.05, 0.1) is 6.04 Å². The van der Waals surface area contributed by atoms with Crippen LogP contribution < -0.4 is 5.32 Å². The molecule has 0 saturated heterocycles. The van der Waals surface area contributed by atoms with Gasteiger partial charge in [-0.25, -0.2) is 9.97 Å². The first-order valence-electron chi connectivity index (χ1n) is 6.19. The number of hydrogen-bond acceptors (Lipinski definition) is 6. The number of fused-ring (bicyclic) bond motifs is 1. The van der Waals surface area contributed by atoms with Crippen LogP contribution in [0.4, 0.5) is 10.2 Å². The van der Waals surface area contributed by atoms with Crippen LogP contribution in [-0.2, 0) is 0 Å². The Morgan fingerprint density at radius 3 is 2.81 bits per heavy atom. The number of benzene rings is 1. The first-order chi connectivity index (χ1) is 10.0. The summed E-state index contributed by atoms with van der Waals surface area (Å²) in [7, 11) is 0. The lowest BCUT2D eigenvalue weighted by atomic mass is 10.1. The predicted molar refractivity (Wildman–Crippen MR) is 73.5 cm³/mol. The van der Waals surface area contributed by atoms with Crippen molar-refractivity contribution in [3.8, 4) is 11.5 Å². The molecular formula is C13H12FN5O2. The van der Waals surface area contributed by atoms with E-state index in [2.05, 4.69) is 25.3 Å². The highest BCUT2D eigenvalue weighted by Crippen LogP contribution is 2.29. The monoisotopic (exact) mass is 289 g/mol. The zero-order valence-electron chi connectivity index (χ0n) is 11.0. The minimum Gasteiger partial charge on any atom is -0.504 e. The van der Waals surface area contributed by atoms with Crippen LogP contribution in [0.15, 0.2) is 24.5 Å². The molecule has 1 aromatic carbocycles. The fourth-order valence-electron chi connectivity index (χ4n) is 2.01. The van der Waals surface area contributed by atoms with Crippen LogP contribution in [-0.4, -0.2) is 30.1 Å². The van der Waals surface area contributed by atoms with Crippen LogP contribution in [0.2, 0.25) is 0 Å². The van der Waals surface area contributed by atoms with E-state index >= 15 is 0 Å². The molecule has 108 valence electrons. The van der Waals surface area contributed by atoms with E-state index in [9.17, 15) is 14.6 Å². The largest absolute Gasteiger partial charge is 0.504 e. The molecule has 4 N–H and O–H groups in total. The molecule has 7 nitrogen and oxygen atoms in total. The van der Waals surface area contributed by atoms with Crippen LogP contribution in [0.3, 0.4) is 0 Å². The lowest BCUT2D eigenvalue weighted by Crippen LogP contribution is -2.08. The van der Waals surface area contributed by atoms with Crippen LogP contribution in [0, 0.1) is 6.08 Å². The van der Waals surface area contributed by atoms with Gasteiger partial charge >= 0.3 is 0 Å².